The number of ether oxygens (including phenoxy) is 1. The highest BCUT2D eigenvalue weighted by atomic mass is 127. The summed E-state index contributed by atoms with van der Waals surface area (Å²) in [6.45, 7) is 0.987. The van der Waals surface area contributed by atoms with E-state index in [4.69, 9.17) is 4.74 Å². The van der Waals surface area contributed by atoms with Crippen LogP contribution in [0.15, 0.2) is 18.2 Å². The summed E-state index contributed by atoms with van der Waals surface area (Å²) in [6, 6.07) is 1.95. The third-order valence-electron chi connectivity index (χ3n) is 3.25. The third-order valence-corrected chi connectivity index (χ3v) is 4.29. The first-order valence-corrected chi connectivity index (χ1v) is 8.15. The minimum atomic E-state index is -2.81. The normalized spacial score (nSPS) is 18.4. The van der Waals surface area contributed by atoms with E-state index in [1.807, 2.05) is 22.6 Å². The Morgan fingerprint density at radius 2 is 1.96 bits per heavy atom. The van der Waals surface area contributed by atoms with Crippen LogP contribution in [0.4, 0.5) is 17.6 Å². The van der Waals surface area contributed by atoms with Crippen molar-refractivity contribution in [3.05, 3.63) is 35.4 Å². The lowest BCUT2D eigenvalue weighted by atomic mass is 10.0. The Kier molecular flexibility index (Phi) is 5.88. The summed E-state index contributed by atoms with van der Waals surface area (Å²) < 4.78 is 58.5. The van der Waals surface area contributed by atoms with E-state index in [2.05, 4.69) is 0 Å². The molecule has 1 aromatic carbocycles. The Balaban J connectivity index is 2.47. The molecule has 0 radical (unpaired) electrons. The molecule has 0 saturated carbocycles. The van der Waals surface area contributed by atoms with Crippen molar-refractivity contribution in [1.82, 2.24) is 4.90 Å². The summed E-state index contributed by atoms with van der Waals surface area (Å²) in [7, 11) is 0. The van der Waals surface area contributed by atoms with Crippen LogP contribution in [0.5, 0.6) is 5.75 Å². The molecule has 1 aliphatic rings. The maximum Gasteiger partial charge on any atom is 0.256 e. The van der Waals surface area contributed by atoms with Gasteiger partial charge in [0.15, 0.2) is 0 Å². The van der Waals surface area contributed by atoms with Crippen LogP contribution in [-0.4, -0.2) is 34.3 Å². The molecule has 3 nitrogen and oxygen atoms in total. The first-order chi connectivity index (χ1) is 10.8. The van der Waals surface area contributed by atoms with Crippen molar-refractivity contribution in [2.45, 2.75) is 23.7 Å². The molecule has 0 N–H and O–H groups in total. The van der Waals surface area contributed by atoms with Gasteiger partial charge in [-0.25, -0.2) is 17.6 Å². The maximum atomic E-state index is 14.3. The van der Waals surface area contributed by atoms with Crippen LogP contribution < -0.4 is 4.74 Å². The number of halogens is 5. The summed E-state index contributed by atoms with van der Waals surface area (Å²) in [4.78, 5) is 12.9. The smallest absolute Gasteiger partial charge is 0.256 e. The molecule has 23 heavy (non-hydrogen) atoms. The van der Waals surface area contributed by atoms with Gasteiger partial charge in [-0.2, -0.15) is 0 Å². The van der Waals surface area contributed by atoms with E-state index in [-0.39, 0.29) is 24.5 Å². The topological polar surface area (TPSA) is 29.5 Å². The first-order valence-electron chi connectivity index (χ1n) is 6.91. The number of benzene rings is 1. The zero-order chi connectivity index (χ0) is 17.1. The predicted molar refractivity (Wildman–Crippen MR) is 85.6 cm³/mol. The van der Waals surface area contributed by atoms with Gasteiger partial charge in [0.25, 0.3) is 6.43 Å². The highest BCUT2D eigenvalue weighted by Crippen LogP contribution is 2.34. The Morgan fingerprint density at radius 3 is 2.48 bits per heavy atom. The molecule has 0 saturated heterocycles. The van der Waals surface area contributed by atoms with Crippen molar-refractivity contribution in [3.63, 3.8) is 0 Å². The van der Waals surface area contributed by atoms with Crippen LogP contribution in [0.25, 0.3) is 5.70 Å². The molecule has 0 bridgehead atoms. The molecule has 1 heterocycles. The number of alkyl halides is 3. The molecular formula is C15H14F4INO2. The second-order valence-corrected chi connectivity index (χ2v) is 6.33. The van der Waals surface area contributed by atoms with Crippen LogP contribution in [-0.2, 0) is 4.79 Å². The van der Waals surface area contributed by atoms with Crippen LogP contribution in [0, 0.1) is 11.6 Å². The molecule has 0 spiro atoms. The standard InChI is InChI=1S/C15H14F4INO2/c1-2-23-8-5-9(16)14(10(17)6-8)12-4-3-11(20)15(22)21(12)7-13(18)19/h4-6,11,13H,2-3,7H2,1H3. The molecule has 2 rings (SSSR count). The van der Waals surface area contributed by atoms with Crippen LogP contribution >= 0.6 is 22.6 Å². The van der Waals surface area contributed by atoms with Gasteiger partial charge in [0, 0.05) is 12.1 Å². The molecule has 0 aliphatic carbocycles. The Morgan fingerprint density at radius 1 is 1.35 bits per heavy atom. The third kappa shape index (κ3) is 3.96. The van der Waals surface area contributed by atoms with Crippen LogP contribution in [0.3, 0.4) is 0 Å². The lowest BCUT2D eigenvalue weighted by Gasteiger charge is -2.31. The lowest BCUT2D eigenvalue weighted by molar-refractivity contribution is -0.128. The highest BCUT2D eigenvalue weighted by molar-refractivity contribution is 14.1. The van der Waals surface area contributed by atoms with Gasteiger partial charge in [0.2, 0.25) is 5.91 Å². The number of hydrogen-bond acceptors (Lipinski definition) is 2. The van der Waals surface area contributed by atoms with Crippen LogP contribution in [0.1, 0.15) is 18.9 Å². The number of carbonyl (C=O) groups is 1. The number of carbonyl (C=O) groups excluding carboxylic acids is 1. The molecule has 1 amide bonds. The number of nitrogens with zero attached hydrogens (tertiary/aromatic N) is 1. The van der Waals surface area contributed by atoms with E-state index in [1.165, 1.54) is 6.08 Å². The summed E-state index contributed by atoms with van der Waals surface area (Å²) in [6.07, 6.45) is -1.18. The first kappa shape index (κ1) is 18.0. The highest BCUT2D eigenvalue weighted by Gasteiger charge is 2.33. The van der Waals surface area contributed by atoms with E-state index >= 15 is 0 Å². The Hall–Kier alpha value is -1.32. The Labute approximate surface area is 144 Å². The van der Waals surface area contributed by atoms with Gasteiger partial charge in [-0.3, -0.25) is 4.79 Å². The predicted octanol–water partition coefficient (Wildman–Crippen LogP) is 4.01. The van der Waals surface area contributed by atoms with E-state index in [9.17, 15) is 22.4 Å². The molecule has 1 unspecified atom stereocenters. The molecule has 1 atom stereocenters. The van der Waals surface area contributed by atoms with E-state index < -0.39 is 40.0 Å². The number of amides is 1. The molecule has 8 heteroatoms. The fourth-order valence-electron chi connectivity index (χ4n) is 2.32. The summed E-state index contributed by atoms with van der Waals surface area (Å²) >= 11 is 1.82. The van der Waals surface area contributed by atoms with Gasteiger partial charge in [-0.1, -0.05) is 28.7 Å². The van der Waals surface area contributed by atoms with Crippen molar-refractivity contribution in [3.8, 4) is 5.75 Å². The van der Waals surface area contributed by atoms with E-state index in [0.717, 1.165) is 17.0 Å². The molecule has 1 aromatic rings. The monoisotopic (exact) mass is 443 g/mol. The second-order valence-electron chi connectivity index (χ2n) is 4.83. The largest absolute Gasteiger partial charge is 0.494 e. The van der Waals surface area contributed by atoms with Gasteiger partial charge in [0.1, 0.15) is 17.4 Å². The number of rotatable bonds is 5. The van der Waals surface area contributed by atoms with E-state index in [1.54, 1.807) is 6.92 Å². The van der Waals surface area contributed by atoms with Crippen LogP contribution in [0.2, 0.25) is 0 Å². The van der Waals surface area contributed by atoms with Crippen molar-refractivity contribution in [2.75, 3.05) is 13.2 Å². The zero-order valence-electron chi connectivity index (χ0n) is 12.2. The quantitative estimate of drug-likeness (QED) is 0.391. The molecule has 0 aromatic heterocycles. The average molecular weight is 443 g/mol. The van der Waals surface area contributed by atoms with Crippen molar-refractivity contribution >= 4 is 34.2 Å². The van der Waals surface area contributed by atoms with Gasteiger partial charge >= 0.3 is 0 Å². The minimum Gasteiger partial charge on any atom is -0.494 e. The Bertz CT molecular complexity index is 613. The average Bonchev–Trinajstić information content (AvgIpc) is 2.45. The van der Waals surface area contributed by atoms with Gasteiger partial charge in [0.05, 0.1) is 28.3 Å². The summed E-state index contributed by atoms with van der Waals surface area (Å²) in [5.41, 5.74) is -0.660. The lowest BCUT2D eigenvalue weighted by Crippen LogP contribution is -2.41. The molecule has 0 fully saturated rings. The maximum absolute atomic E-state index is 14.3. The van der Waals surface area contributed by atoms with Crippen molar-refractivity contribution < 1.29 is 27.1 Å². The second kappa shape index (κ2) is 7.50. The van der Waals surface area contributed by atoms with Gasteiger partial charge in [-0.15, -0.1) is 0 Å². The SMILES string of the molecule is CCOc1cc(F)c(C2=CCC(I)C(=O)N2CC(F)F)c(F)c1. The van der Waals surface area contributed by atoms with Crippen molar-refractivity contribution in [2.24, 2.45) is 0 Å². The van der Waals surface area contributed by atoms with Crippen molar-refractivity contribution in [1.29, 1.82) is 0 Å². The number of allylic oxidation sites excluding steroid dienone is 1. The van der Waals surface area contributed by atoms with Gasteiger partial charge < -0.3 is 9.64 Å². The minimum absolute atomic E-state index is 0.00108. The fourth-order valence-corrected chi connectivity index (χ4v) is 2.91. The molecule has 126 valence electrons. The molecular weight excluding hydrogens is 429 g/mol. The summed E-state index contributed by atoms with van der Waals surface area (Å²) in [5, 5.41) is 0. The zero-order valence-corrected chi connectivity index (χ0v) is 14.3. The van der Waals surface area contributed by atoms with Gasteiger partial charge in [-0.05, 0) is 13.3 Å². The molecule has 1 aliphatic heterocycles. The van der Waals surface area contributed by atoms with E-state index in [0.29, 0.717) is 0 Å². The number of hydrogen-bond donors (Lipinski definition) is 0. The summed E-state index contributed by atoms with van der Waals surface area (Å²) in [5.74, 6) is -2.51. The fraction of sp³-hybridized carbons (Fsp3) is 0.400.